The standard InChI is InChI=1S/C17H18N6O2/c1-12-14(10-21-16(22-12)13-3-2-4-18-9-13)17(25)23(7-8-24)11-15-19-5-6-20-15/h2-6,9-10,24H,7-8,11H2,1H3,(H,19,20). The first-order chi connectivity index (χ1) is 12.2. The van der Waals surface area contributed by atoms with Crippen molar-refractivity contribution in [1.82, 2.24) is 29.8 Å². The molecule has 3 aromatic heterocycles. The molecule has 0 atom stereocenters. The number of imidazole rings is 1. The zero-order valence-electron chi connectivity index (χ0n) is 13.8. The van der Waals surface area contributed by atoms with Gasteiger partial charge in [0.25, 0.3) is 5.91 Å². The van der Waals surface area contributed by atoms with Crippen LogP contribution < -0.4 is 0 Å². The van der Waals surface area contributed by atoms with Crippen molar-refractivity contribution in [3.05, 3.63) is 60.2 Å². The van der Waals surface area contributed by atoms with Crippen LogP contribution in [-0.2, 0) is 6.54 Å². The number of nitrogens with zero attached hydrogens (tertiary/aromatic N) is 5. The van der Waals surface area contributed by atoms with Gasteiger partial charge in [-0.3, -0.25) is 9.78 Å². The van der Waals surface area contributed by atoms with Crippen LogP contribution in [0.25, 0.3) is 11.4 Å². The normalized spacial score (nSPS) is 10.6. The van der Waals surface area contributed by atoms with E-state index in [1.807, 2.05) is 6.07 Å². The predicted octanol–water partition coefficient (Wildman–Crippen LogP) is 1.20. The van der Waals surface area contributed by atoms with E-state index in [-0.39, 0.29) is 25.6 Å². The lowest BCUT2D eigenvalue weighted by Gasteiger charge is -2.21. The summed E-state index contributed by atoms with van der Waals surface area (Å²) in [4.78, 5) is 34.1. The summed E-state index contributed by atoms with van der Waals surface area (Å²) in [6, 6.07) is 3.66. The first kappa shape index (κ1) is 16.7. The van der Waals surface area contributed by atoms with Crippen molar-refractivity contribution in [2.75, 3.05) is 13.2 Å². The lowest BCUT2D eigenvalue weighted by molar-refractivity contribution is 0.0701. The lowest BCUT2D eigenvalue weighted by Crippen LogP contribution is -2.34. The van der Waals surface area contributed by atoms with Crippen molar-refractivity contribution in [3.63, 3.8) is 0 Å². The van der Waals surface area contributed by atoms with Gasteiger partial charge in [-0.25, -0.2) is 15.0 Å². The maximum absolute atomic E-state index is 12.8. The van der Waals surface area contributed by atoms with Gasteiger partial charge >= 0.3 is 0 Å². The van der Waals surface area contributed by atoms with Crippen molar-refractivity contribution in [3.8, 4) is 11.4 Å². The quantitative estimate of drug-likeness (QED) is 0.699. The van der Waals surface area contributed by atoms with Gasteiger partial charge in [0.1, 0.15) is 5.82 Å². The number of amides is 1. The number of hydrogen-bond acceptors (Lipinski definition) is 6. The molecule has 25 heavy (non-hydrogen) atoms. The van der Waals surface area contributed by atoms with Gasteiger partial charge in [-0.05, 0) is 19.1 Å². The van der Waals surface area contributed by atoms with Gasteiger partial charge in [0.2, 0.25) is 0 Å². The van der Waals surface area contributed by atoms with Crippen molar-refractivity contribution >= 4 is 5.91 Å². The minimum atomic E-state index is -0.249. The Bertz CT molecular complexity index is 836. The first-order valence-electron chi connectivity index (χ1n) is 7.81. The molecular formula is C17H18N6O2. The van der Waals surface area contributed by atoms with Crippen LogP contribution >= 0.6 is 0 Å². The largest absolute Gasteiger partial charge is 0.395 e. The second-order valence-electron chi connectivity index (χ2n) is 5.42. The second kappa shape index (κ2) is 7.63. The lowest BCUT2D eigenvalue weighted by atomic mass is 10.2. The van der Waals surface area contributed by atoms with E-state index in [1.54, 1.807) is 37.8 Å². The van der Waals surface area contributed by atoms with Crippen LogP contribution in [0.4, 0.5) is 0 Å². The Morgan fingerprint density at radius 1 is 1.28 bits per heavy atom. The van der Waals surface area contributed by atoms with Crippen LogP contribution in [0.15, 0.2) is 43.1 Å². The molecule has 0 saturated heterocycles. The highest BCUT2D eigenvalue weighted by molar-refractivity contribution is 5.95. The topological polar surface area (TPSA) is 108 Å². The molecule has 0 aromatic carbocycles. The number of carbonyl (C=O) groups excluding carboxylic acids is 1. The Morgan fingerprint density at radius 3 is 2.80 bits per heavy atom. The molecule has 1 amide bonds. The number of aromatic nitrogens is 5. The van der Waals surface area contributed by atoms with Crippen molar-refractivity contribution < 1.29 is 9.90 Å². The average Bonchev–Trinajstić information content (AvgIpc) is 3.14. The van der Waals surface area contributed by atoms with Gasteiger partial charge in [-0.1, -0.05) is 0 Å². The van der Waals surface area contributed by atoms with Crippen molar-refractivity contribution in [2.24, 2.45) is 0 Å². The third-order valence-electron chi connectivity index (χ3n) is 3.68. The molecule has 3 aromatic rings. The van der Waals surface area contributed by atoms with Crippen LogP contribution in [0.1, 0.15) is 21.9 Å². The molecular weight excluding hydrogens is 320 g/mol. The van der Waals surface area contributed by atoms with E-state index in [1.165, 1.54) is 11.1 Å². The average molecular weight is 338 g/mol. The number of rotatable bonds is 6. The maximum Gasteiger partial charge on any atom is 0.257 e. The predicted molar refractivity (Wildman–Crippen MR) is 90.4 cm³/mol. The van der Waals surface area contributed by atoms with E-state index in [0.29, 0.717) is 22.9 Å². The molecule has 8 nitrogen and oxygen atoms in total. The number of H-pyrrole nitrogens is 1. The van der Waals surface area contributed by atoms with Crippen molar-refractivity contribution in [2.45, 2.75) is 13.5 Å². The Kier molecular flexibility index (Phi) is 5.10. The van der Waals surface area contributed by atoms with Gasteiger partial charge in [-0.15, -0.1) is 0 Å². The Balaban J connectivity index is 1.85. The number of hydrogen-bond donors (Lipinski definition) is 2. The van der Waals surface area contributed by atoms with E-state index in [9.17, 15) is 9.90 Å². The van der Waals surface area contributed by atoms with Crippen LogP contribution in [0, 0.1) is 6.92 Å². The molecule has 0 aliphatic carbocycles. The minimum absolute atomic E-state index is 0.139. The summed E-state index contributed by atoms with van der Waals surface area (Å²) in [5.74, 6) is 0.912. The van der Waals surface area contributed by atoms with Crippen LogP contribution in [-0.4, -0.2) is 54.0 Å². The number of carbonyl (C=O) groups is 1. The highest BCUT2D eigenvalue weighted by Crippen LogP contribution is 2.16. The Hall–Kier alpha value is -3.13. The van der Waals surface area contributed by atoms with Crippen molar-refractivity contribution in [1.29, 1.82) is 0 Å². The summed E-state index contributed by atoms with van der Waals surface area (Å²) >= 11 is 0. The van der Waals surface area contributed by atoms with E-state index >= 15 is 0 Å². The molecule has 0 fully saturated rings. The van der Waals surface area contributed by atoms with E-state index in [4.69, 9.17) is 0 Å². The van der Waals surface area contributed by atoms with Gasteiger partial charge in [0.15, 0.2) is 5.82 Å². The van der Waals surface area contributed by atoms with Gasteiger partial charge < -0.3 is 15.0 Å². The summed E-state index contributed by atoms with van der Waals surface area (Å²) in [5.41, 5.74) is 1.75. The summed E-state index contributed by atoms with van der Waals surface area (Å²) in [7, 11) is 0. The number of pyridine rings is 1. The molecule has 2 N–H and O–H groups in total. The molecule has 0 aliphatic rings. The van der Waals surface area contributed by atoms with Crippen LogP contribution in [0.2, 0.25) is 0 Å². The second-order valence-corrected chi connectivity index (χ2v) is 5.42. The number of nitrogens with one attached hydrogen (secondary N) is 1. The van der Waals surface area contributed by atoms with Gasteiger partial charge in [-0.2, -0.15) is 0 Å². The van der Waals surface area contributed by atoms with E-state index in [0.717, 1.165) is 5.56 Å². The van der Waals surface area contributed by atoms with Gasteiger partial charge in [0.05, 0.1) is 24.4 Å². The molecule has 0 saturated carbocycles. The summed E-state index contributed by atoms with van der Waals surface area (Å²) < 4.78 is 0. The van der Waals surface area contributed by atoms with Crippen LogP contribution in [0.5, 0.6) is 0 Å². The molecule has 3 rings (SSSR count). The number of aliphatic hydroxyl groups excluding tert-OH is 1. The fourth-order valence-corrected chi connectivity index (χ4v) is 2.42. The third-order valence-corrected chi connectivity index (χ3v) is 3.68. The van der Waals surface area contributed by atoms with Gasteiger partial charge in [0, 0.05) is 43.1 Å². The molecule has 0 aliphatic heterocycles. The van der Waals surface area contributed by atoms with Crippen LogP contribution in [0.3, 0.4) is 0 Å². The zero-order valence-corrected chi connectivity index (χ0v) is 13.8. The summed E-state index contributed by atoms with van der Waals surface area (Å²) in [6.45, 7) is 2.10. The molecule has 0 unspecified atom stereocenters. The minimum Gasteiger partial charge on any atom is -0.395 e. The molecule has 3 heterocycles. The smallest absolute Gasteiger partial charge is 0.257 e. The number of aryl methyl sites for hydroxylation is 1. The SMILES string of the molecule is Cc1nc(-c2cccnc2)ncc1C(=O)N(CCO)Cc1ncc[nH]1. The zero-order chi connectivity index (χ0) is 17.6. The highest BCUT2D eigenvalue weighted by Gasteiger charge is 2.20. The van der Waals surface area contributed by atoms with E-state index < -0.39 is 0 Å². The fraction of sp³-hybridized carbons (Fsp3) is 0.235. The molecule has 0 spiro atoms. The molecule has 0 radical (unpaired) electrons. The summed E-state index contributed by atoms with van der Waals surface area (Å²) in [6.07, 6.45) is 8.17. The highest BCUT2D eigenvalue weighted by atomic mass is 16.3. The Labute approximate surface area is 144 Å². The Morgan fingerprint density at radius 2 is 2.16 bits per heavy atom. The third kappa shape index (κ3) is 3.86. The fourth-order valence-electron chi connectivity index (χ4n) is 2.42. The number of aliphatic hydroxyl groups is 1. The summed E-state index contributed by atoms with van der Waals surface area (Å²) in [5, 5.41) is 9.26. The molecule has 8 heteroatoms. The maximum atomic E-state index is 12.8. The molecule has 0 bridgehead atoms. The first-order valence-corrected chi connectivity index (χ1v) is 7.81. The number of aromatic amines is 1. The monoisotopic (exact) mass is 338 g/mol. The van der Waals surface area contributed by atoms with E-state index in [2.05, 4.69) is 24.9 Å². The molecule has 128 valence electrons.